The summed E-state index contributed by atoms with van der Waals surface area (Å²) in [7, 11) is 0. The Morgan fingerprint density at radius 3 is 2.61 bits per heavy atom. The molecule has 0 bridgehead atoms. The number of hydrogen-bond acceptors (Lipinski definition) is 1. The van der Waals surface area contributed by atoms with E-state index < -0.39 is 0 Å². The van der Waals surface area contributed by atoms with Crippen molar-refractivity contribution < 1.29 is 4.79 Å². The molecule has 1 saturated carbocycles. The number of carbonyl (C=O) groups excluding carboxylic acids is 1. The largest absolute Gasteiger partial charge is 0.299 e. The van der Waals surface area contributed by atoms with Crippen molar-refractivity contribution >= 4 is 5.78 Å². The molecule has 2 aliphatic rings. The van der Waals surface area contributed by atoms with Gasteiger partial charge in [0.1, 0.15) is 5.78 Å². The van der Waals surface area contributed by atoms with Gasteiger partial charge in [0.15, 0.2) is 0 Å². The predicted molar refractivity (Wildman–Crippen MR) is 76.4 cm³/mol. The van der Waals surface area contributed by atoms with Gasteiger partial charge in [-0.25, -0.2) is 0 Å². The summed E-state index contributed by atoms with van der Waals surface area (Å²) in [6, 6.07) is 0. The molecule has 1 heteroatoms. The van der Waals surface area contributed by atoms with E-state index in [4.69, 9.17) is 0 Å². The first kappa shape index (κ1) is 13.8. The van der Waals surface area contributed by atoms with E-state index >= 15 is 0 Å². The van der Waals surface area contributed by atoms with Crippen LogP contribution in [-0.2, 0) is 4.79 Å². The van der Waals surface area contributed by atoms with E-state index in [2.05, 4.69) is 26.0 Å². The van der Waals surface area contributed by atoms with Crippen molar-refractivity contribution in [2.24, 2.45) is 23.7 Å². The Hall–Kier alpha value is -0.590. The summed E-state index contributed by atoms with van der Waals surface area (Å²) < 4.78 is 0. The lowest BCUT2D eigenvalue weighted by Gasteiger charge is -2.32. The highest BCUT2D eigenvalue weighted by molar-refractivity contribution is 5.81. The van der Waals surface area contributed by atoms with Crippen molar-refractivity contribution in [3.8, 4) is 0 Å². The Morgan fingerprint density at radius 2 is 1.94 bits per heavy atom. The van der Waals surface area contributed by atoms with Crippen molar-refractivity contribution in [2.75, 3.05) is 0 Å². The summed E-state index contributed by atoms with van der Waals surface area (Å²) in [5.74, 6) is 3.44. The summed E-state index contributed by atoms with van der Waals surface area (Å²) in [6.45, 7) is 4.75. The van der Waals surface area contributed by atoms with Gasteiger partial charge in [-0.05, 0) is 49.9 Å². The van der Waals surface area contributed by atoms with Crippen LogP contribution in [0.15, 0.2) is 12.2 Å². The fourth-order valence-electron chi connectivity index (χ4n) is 3.56. The molecule has 4 unspecified atom stereocenters. The van der Waals surface area contributed by atoms with Gasteiger partial charge in [0.05, 0.1) is 0 Å². The van der Waals surface area contributed by atoms with Crippen molar-refractivity contribution in [1.29, 1.82) is 0 Å². The third kappa shape index (κ3) is 3.70. The Morgan fingerprint density at radius 1 is 1.11 bits per heavy atom. The van der Waals surface area contributed by atoms with E-state index in [1.165, 1.54) is 19.3 Å². The third-order valence-corrected chi connectivity index (χ3v) is 5.23. The summed E-state index contributed by atoms with van der Waals surface area (Å²) in [6.07, 6.45) is 13.7. The van der Waals surface area contributed by atoms with Crippen LogP contribution in [0.4, 0.5) is 0 Å². The molecule has 0 saturated heterocycles. The molecule has 1 fully saturated rings. The lowest BCUT2D eigenvalue weighted by atomic mass is 9.74. The van der Waals surface area contributed by atoms with E-state index in [1.807, 2.05) is 0 Å². The highest BCUT2D eigenvalue weighted by atomic mass is 16.1. The number of ketones is 1. The highest BCUT2D eigenvalue weighted by Crippen LogP contribution is 2.36. The molecule has 0 aromatic rings. The molecule has 0 amide bonds. The van der Waals surface area contributed by atoms with Gasteiger partial charge in [-0.1, -0.05) is 38.8 Å². The molecule has 0 N–H and O–H groups in total. The molecule has 4 atom stereocenters. The van der Waals surface area contributed by atoms with Crippen LogP contribution in [0.25, 0.3) is 0 Å². The number of rotatable bonds is 4. The van der Waals surface area contributed by atoms with Crippen LogP contribution in [0.1, 0.15) is 65.2 Å². The summed E-state index contributed by atoms with van der Waals surface area (Å²) >= 11 is 0. The van der Waals surface area contributed by atoms with Gasteiger partial charge >= 0.3 is 0 Å². The predicted octanol–water partition coefficient (Wildman–Crippen LogP) is 4.76. The monoisotopic (exact) mass is 248 g/mol. The standard InChI is InChI=1S/C17H28O/c1-13-8-9-15(12-14(13)2)10-11-17(18)16-6-4-3-5-7-16/h3-4,13-16H,5-12H2,1-2H3. The zero-order valence-corrected chi connectivity index (χ0v) is 12.0. The molecule has 0 radical (unpaired) electrons. The van der Waals surface area contributed by atoms with Crippen LogP contribution in [0.2, 0.25) is 0 Å². The molecule has 0 aliphatic heterocycles. The maximum Gasteiger partial charge on any atom is 0.136 e. The SMILES string of the molecule is CC1CCC(CCC(=O)C2CC=CCC2)CC1C. The van der Waals surface area contributed by atoms with Gasteiger partial charge in [-0.15, -0.1) is 0 Å². The lowest BCUT2D eigenvalue weighted by molar-refractivity contribution is -0.123. The van der Waals surface area contributed by atoms with Crippen molar-refractivity contribution in [3.63, 3.8) is 0 Å². The smallest absolute Gasteiger partial charge is 0.136 e. The zero-order chi connectivity index (χ0) is 13.0. The molecular weight excluding hydrogens is 220 g/mol. The molecule has 1 nitrogen and oxygen atoms in total. The van der Waals surface area contributed by atoms with Crippen LogP contribution >= 0.6 is 0 Å². The van der Waals surface area contributed by atoms with Gasteiger partial charge in [0.25, 0.3) is 0 Å². The Labute approximate surface area is 112 Å². The molecule has 0 aromatic heterocycles. The minimum absolute atomic E-state index is 0.343. The topological polar surface area (TPSA) is 17.1 Å². The quantitative estimate of drug-likeness (QED) is 0.655. The zero-order valence-electron chi connectivity index (χ0n) is 12.0. The van der Waals surface area contributed by atoms with E-state index in [-0.39, 0.29) is 0 Å². The maximum absolute atomic E-state index is 12.2. The van der Waals surface area contributed by atoms with Crippen molar-refractivity contribution in [2.45, 2.75) is 65.2 Å². The highest BCUT2D eigenvalue weighted by Gasteiger charge is 2.26. The molecule has 102 valence electrons. The third-order valence-electron chi connectivity index (χ3n) is 5.23. The van der Waals surface area contributed by atoms with Gasteiger partial charge in [-0.2, -0.15) is 0 Å². The summed E-state index contributed by atoms with van der Waals surface area (Å²) in [4.78, 5) is 12.2. The number of allylic oxidation sites excluding steroid dienone is 2. The molecule has 2 aliphatic carbocycles. The number of hydrogen-bond donors (Lipinski definition) is 0. The number of carbonyl (C=O) groups is 1. The fourth-order valence-corrected chi connectivity index (χ4v) is 3.56. The average molecular weight is 248 g/mol. The van der Waals surface area contributed by atoms with Crippen LogP contribution in [-0.4, -0.2) is 5.78 Å². The van der Waals surface area contributed by atoms with Gasteiger partial charge in [0.2, 0.25) is 0 Å². The first-order valence-corrected chi connectivity index (χ1v) is 7.84. The first-order chi connectivity index (χ1) is 8.66. The van der Waals surface area contributed by atoms with Gasteiger partial charge in [0, 0.05) is 12.3 Å². The fraction of sp³-hybridized carbons (Fsp3) is 0.824. The van der Waals surface area contributed by atoms with Crippen LogP contribution < -0.4 is 0 Å². The van der Waals surface area contributed by atoms with Gasteiger partial charge in [-0.3, -0.25) is 4.79 Å². The molecule has 18 heavy (non-hydrogen) atoms. The minimum atomic E-state index is 0.343. The van der Waals surface area contributed by atoms with Crippen molar-refractivity contribution in [1.82, 2.24) is 0 Å². The molecular formula is C17H28O. The molecule has 0 aromatic carbocycles. The maximum atomic E-state index is 12.2. The molecule has 0 heterocycles. The minimum Gasteiger partial charge on any atom is -0.299 e. The van der Waals surface area contributed by atoms with Gasteiger partial charge < -0.3 is 0 Å². The average Bonchev–Trinajstić information content (AvgIpc) is 2.41. The van der Waals surface area contributed by atoms with Crippen molar-refractivity contribution in [3.05, 3.63) is 12.2 Å². The summed E-state index contributed by atoms with van der Waals surface area (Å²) in [5, 5.41) is 0. The van der Waals surface area contributed by atoms with Crippen LogP contribution in [0, 0.1) is 23.7 Å². The Balaban J connectivity index is 1.71. The second-order valence-corrected chi connectivity index (χ2v) is 6.62. The second-order valence-electron chi connectivity index (χ2n) is 6.62. The molecule has 0 spiro atoms. The van der Waals surface area contributed by atoms with E-state index in [1.54, 1.807) is 0 Å². The van der Waals surface area contributed by atoms with Crippen LogP contribution in [0.5, 0.6) is 0 Å². The second kappa shape index (κ2) is 6.54. The van der Waals surface area contributed by atoms with E-state index in [0.717, 1.165) is 49.9 Å². The Bertz CT molecular complexity index is 305. The normalized spacial score (nSPS) is 36.6. The van der Waals surface area contributed by atoms with E-state index in [9.17, 15) is 4.79 Å². The summed E-state index contributed by atoms with van der Waals surface area (Å²) in [5.41, 5.74) is 0. The molecule has 2 rings (SSSR count). The number of Topliss-reactive ketones (excluding diaryl/α,β-unsaturated/α-hetero) is 1. The van der Waals surface area contributed by atoms with Crippen LogP contribution in [0.3, 0.4) is 0 Å². The van der Waals surface area contributed by atoms with E-state index in [0.29, 0.717) is 11.7 Å². The lowest BCUT2D eigenvalue weighted by Crippen LogP contribution is -2.22. The first-order valence-electron chi connectivity index (χ1n) is 7.84. The Kier molecular flexibility index (Phi) is 5.03.